The lowest BCUT2D eigenvalue weighted by Gasteiger charge is -2.18. The third-order valence-corrected chi connectivity index (χ3v) is 4.41. The van der Waals surface area contributed by atoms with Crippen LogP contribution >= 0.6 is 0 Å². The molecule has 4 atom stereocenters. The maximum absolute atomic E-state index is 6.04. The fraction of sp³-hybridized carbons (Fsp3) is 1.00. The molecule has 0 amide bonds. The Balaban J connectivity index is 1.61. The molecule has 2 N–H and O–H groups in total. The number of nitrogens with two attached hydrogens (primary N) is 1. The average molecular weight is 211 g/mol. The molecule has 2 nitrogen and oxygen atoms in total. The number of rotatable bonds is 4. The number of hydrogen-bond acceptors (Lipinski definition) is 2. The molecular formula is C13H25NO. The van der Waals surface area contributed by atoms with Crippen LogP contribution in [-0.2, 0) is 4.74 Å². The molecule has 1 aliphatic carbocycles. The van der Waals surface area contributed by atoms with Crippen molar-refractivity contribution in [2.45, 2.75) is 64.0 Å². The summed E-state index contributed by atoms with van der Waals surface area (Å²) in [5.74, 6) is 1.64. The number of ether oxygens (including phenoxy) is 1. The van der Waals surface area contributed by atoms with Gasteiger partial charge in [0.1, 0.15) is 0 Å². The largest absolute Gasteiger partial charge is 0.378 e. The van der Waals surface area contributed by atoms with Crippen molar-refractivity contribution in [2.75, 3.05) is 6.61 Å². The first-order valence-electron chi connectivity index (χ1n) is 6.64. The summed E-state index contributed by atoms with van der Waals surface area (Å²) in [7, 11) is 0. The van der Waals surface area contributed by atoms with Gasteiger partial charge in [-0.05, 0) is 43.9 Å². The molecule has 2 heteroatoms. The summed E-state index contributed by atoms with van der Waals surface area (Å²) in [6.07, 6.45) is 9.73. The Morgan fingerprint density at radius 3 is 2.67 bits per heavy atom. The fourth-order valence-corrected chi connectivity index (χ4v) is 3.17. The zero-order chi connectivity index (χ0) is 10.7. The molecule has 1 heterocycles. The molecule has 0 aromatic rings. The summed E-state index contributed by atoms with van der Waals surface area (Å²) in [6.45, 7) is 3.32. The van der Waals surface area contributed by atoms with Gasteiger partial charge >= 0.3 is 0 Å². The molecule has 0 aromatic heterocycles. The van der Waals surface area contributed by atoms with Crippen molar-refractivity contribution in [3.05, 3.63) is 0 Å². The average Bonchev–Trinajstić information content (AvgIpc) is 2.83. The second-order valence-corrected chi connectivity index (χ2v) is 5.43. The van der Waals surface area contributed by atoms with Gasteiger partial charge < -0.3 is 10.5 Å². The van der Waals surface area contributed by atoms with E-state index in [1.165, 1.54) is 44.9 Å². The smallest absolute Gasteiger partial charge is 0.0576 e. The van der Waals surface area contributed by atoms with E-state index >= 15 is 0 Å². The third kappa shape index (κ3) is 2.94. The van der Waals surface area contributed by atoms with Gasteiger partial charge in [-0.25, -0.2) is 0 Å². The van der Waals surface area contributed by atoms with Crippen molar-refractivity contribution < 1.29 is 4.74 Å². The molecular weight excluding hydrogens is 186 g/mol. The number of hydrogen-bond donors (Lipinski definition) is 1. The molecule has 2 fully saturated rings. The zero-order valence-corrected chi connectivity index (χ0v) is 9.95. The van der Waals surface area contributed by atoms with Crippen LogP contribution in [0, 0.1) is 11.8 Å². The minimum absolute atomic E-state index is 0.470. The summed E-state index contributed by atoms with van der Waals surface area (Å²) in [4.78, 5) is 0. The van der Waals surface area contributed by atoms with E-state index in [9.17, 15) is 0 Å². The van der Waals surface area contributed by atoms with Crippen LogP contribution < -0.4 is 5.73 Å². The maximum Gasteiger partial charge on any atom is 0.0576 e. The molecule has 0 spiro atoms. The zero-order valence-electron chi connectivity index (χ0n) is 9.95. The van der Waals surface area contributed by atoms with Crippen LogP contribution in [-0.4, -0.2) is 18.8 Å². The minimum Gasteiger partial charge on any atom is -0.378 e. The van der Waals surface area contributed by atoms with Gasteiger partial charge in [0.2, 0.25) is 0 Å². The van der Waals surface area contributed by atoms with Crippen LogP contribution in [0.1, 0.15) is 51.9 Å². The van der Waals surface area contributed by atoms with Gasteiger partial charge in [-0.3, -0.25) is 0 Å². The van der Waals surface area contributed by atoms with Crippen molar-refractivity contribution in [1.29, 1.82) is 0 Å². The van der Waals surface area contributed by atoms with Gasteiger partial charge in [0, 0.05) is 12.6 Å². The lowest BCUT2D eigenvalue weighted by atomic mass is 9.90. The molecule has 1 saturated heterocycles. The van der Waals surface area contributed by atoms with E-state index in [2.05, 4.69) is 6.92 Å². The maximum atomic E-state index is 6.04. The van der Waals surface area contributed by atoms with Crippen LogP contribution in [0.25, 0.3) is 0 Å². The van der Waals surface area contributed by atoms with Crippen molar-refractivity contribution >= 4 is 0 Å². The molecule has 2 aliphatic rings. The molecule has 88 valence electrons. The second-order valence-electron chi connectivity index (χ2n) is 5.43. The molecule has 2 rings (SSSR count). The quantitative estimate of drug-likeness (QED) is 0.776. The van der Waals surface area contributed by atoms with E-state index in [0.717, 1.165) is 18.4 Å². The van der Waals surface area contributed by atoms with E-state index in [0.29, 0.717) is 12.1 Å². The summed E-state index contributed by atoms with van der Waals surface area (Å²) < 4.78 is 5.64. The van der Waals surface area contributed by atoms with E-state index in [1.807, 2.05) is 0 Å². The van der Waals surface area contributed by atoms with Crippen molar-refractivity contribution in [3.8, 4) is 0 Å². The van der Waals surface area contributed by atoms with Crippen molar-refractivity contribution in [3.63, 3.8) is 0 Å². The van der Waals surface area contributed by atoms with E-state index in [1.54, 1.807) is 0 Å². The Bertz CT molecular complexity index is 189. The highest BCUT2D eigenvalue weighted by molar-refractivity contribution is 4.84. The van der Waals surface area contributed by atoms with Gasteiger partial charge in [-0.2, -0.15) is 0 Å². The first kappa shape index (κ1) is 11.4. The highest BCUT2D eigenvalue weighted by atomic mass is 16.5. The van der Waals surface area contributed by atoms with Crippen LogP contribution in [0.5, 0.6) is 0 Å². The Hall–Kier alpha value is -0.0800. The van der Waals surface area contributed by atoms with Crippen molar-refractivity contribution in [2.24, 2.45) is 17.6 Å². The van der Waals surface area contributed by atoms with Gasteiger partial charge in [0.05, 0.1) is 6.10 Å². The molecule has 1 aliphatic heterocycles. The van der Waals surface area contributed by atoms with Crippen LogP contribution in [0.3, 0.4) is 0 Å². The molecule has 0 radical (unpaired) electrons. The normalized spacial score (nSPS) is 41.2. The first-order chi connectivity index (χ1) is 7.27. The fourth-order valence-electron chi connectivity index (χ4n) is 3.17. The van der Waals surface area contributed by atoms with Crippen LogP contribution in [0.15, 0.2) is 0 Å². The summed E-state index contributed by atoms with van der Waals surface area (Å²) in [5, 5.41) is 0. The SMILES string of the molecule is CC1C(N)CCC1CCCC1CCCO1. The highest BCUT2D eigenvalue weighted by Crippen LogP contribution is 2.34. The van der Waals surface area contributed by atoms with E-state index in [-0.39, 0.29) is 0 Å². The molecule has 1 saturated carbocycles. The monoisotopic (exact) mass is 211 g/mol. The molecule has 0 bridgehead atoms. The first-order valence-corrected chi connectivity index (χ1v) is 6.64. The third-order valence-electron chi connectivity index (χ3n) is 4.41. The Morgan fingerprint density at radius 1 is 1.20 bits per heavy atom. The van der Waals surface area contributed by atoms with Gasteiger partial charge in [0.25, 0.3) is 0 Å². The Labute approximate surface area is 93.6 Å². The lowest BCUT2D eigenvalue weighted by molar-refractivity contribution is 0.100. The summed E-state index contributed by atoms with van der Waals surface area (Å²) in [5.41, 5.74) is 6.04. The van der Waals surface area contributed by atoms with Gasteiger partial charge in [0.15, 0.2) is 0 Å². The minimum atomic E-state index is 0.470. The summed E-state index contributed by atoms with van der Waals surface area (Å²) in [6, 6.07) is 0.470. The topological polar surface area (TPSA) is 35.2 Å². The Kier molecular flexibility index (Phi) is 4.04. The van der Waals surface area contributed by atoms with Gasteiger partial charge in [-0.1, -0.05) is 19.8 Å². The molecule has 0 aromatic carbocycles. The van der Waals surface area contributed by atoms with E-state index < -0.39 is 0 Å². The van der Waals surface area contributed by atoms with Crippen LogP contribution in [0.2, 0.25) is 0 Å². The highest BCUT2D eigenvalue weighted by Gasteiger charge is 2.29. The lowest BCUT2D eigenvalue weighted by Crippen LogP contribution is -2.25. The Morgan fingerprint density at radius 2 is 2.07 bits per heavy atom. The molecule has 15 heavy (non-hydrogen) atoms. The van der Waals surface area contributed by atoms with Crippen LogP contribution in [0.4, 0.5) is 0 Å². The second kappa shape index (κ2) is 5.31. The van der Waals surface area contributed by atoms with Crippen molar-refractivity contribution in [1.82, 2.24) is 0 Å². The van der Waals surface area contributed by atoms with E-state index in [4.69, 9.17) is 10.5 Å². The predicted octanol–water partition coefficient (Wildman–Crippen LogP) is 2.71. The predicted molar refractivity (Wildman–Crippen MR) is 62.7 cm³/mol. The van der Waals surface area contributed by atoms with Gasteiger partial charge in [-0.15, -0.1) is 0 Å². The summed E-state index contributed by atoms with van der Waals surface area (Å²) >= 11 is 0. The molecule has 4 unspecified atom stereocenters. The standard InChI is InChI=1S/C13H25NO/c1-10-11(7-8-13(10)14)4-2-5-12-6-3-9-15-12/h10-13H,2-9,14H2,1H3.